The number of carbonyl (C=O) groups is 1. The van der Waals surface area contributed by atoms with Crippen molar-refractivity contribution in [2.75, 3.05) is 13.2 Å². The van der Waals surface area contributed by atoms with E-state index in [2.05, 4.69) is 5.32 Å². The number of sulfonamides is 1. The van der Waals surface area contributed by atoms with Gasteiger partial charge in [-0.1, -0.05) is 6.92 Å². The third kappa shape index (κ3) is 5.85. The van der Waals surface area contributed by atoms with Gasteiger partial charge in [-0.15, -0.1) is 0 Å². The van der Waals surface area contributed by atoms with Crippen LogP contribution in [0.15, 0.2) is 12.1 Å². The zero-order valence-corrected chi connectivity index (χ0v) is 14.3. The zero-order chi connectivity index (χ0) is 20.0. The molecule has 1 amide bonds. The highest BCUT2D eigenvalue weighted by Crippen LogP contribution is 2.23. The van der Waals surface area contributed by atoms with Crippen molar-refractivity contribution in [3.63, 3.8) is 0 Å². The molecule has 0 saturated carbocycles. The minimum atomic E-state index is -5.52. The molecule has 0 fully saturated rings. The highest BCUT2D eigenvalue weighted by atomic mass is 32.2. The predicted octanol–water partition coefficient (Wildman–Crippen LogP) is 1.54. The Hall–Kier alpha value is -2.39. The molecule has 2 N–H and O–H groups in total. The average Bonchev–Trinajstić information content (AvgIpc) is 2.56. The fourth-order valence-corrected chi connectivity index (χ4v) is 2.21. The van der Waals surface area contributed by atoms with Crippen molar-refractivity contribution in [3.05, 3.63) is 29.1 Å². The van der Waals surface area contributed by atoms with Crippen LogP contribution in [0.4, 0.5) is 17.6 Å². The van der Waals surface area contributed by atoms with Crippen LogP contribution in [0.2, 0.25) is 0 Å². The van der Waals surface area contributed by atoms with Crippen LogP contribution >= 0.6 is 0 Å². The maximum absolute atomic E-state index is 13.9. The van der Waals surface area contributed by atoms with Gasteiger partial charge in [-0.05, 0) is 17.7 Å². The van der Waals surface area contributed by atoms with E-state index in [0.29, 0.717) is 0 Å². The number of rotatable bonds is 8. The van der Waals surface area contributed by atoms with Gasteiger partial charge >= 0.3 is 15.5 Å². The minimum absolute atomic E-state index is 0.0518. The van der Waals surface area contributed by atoms with Crippen molar-refractivity contribution in [2.45, 2.75) is 25.4 Å². The van der Waals surface area contributed by atoms with Crippen LogP contribution in [0.5, 0.6) is 5.75 Å². The highest BCUT2D eigenvalue weighted by Gasteiger charge is 2.45. The second-order valence-electron chi connectivity index (χ2n) is 4.87. The van der Waals surface area contributed by atoms with E-state index in [-0.39, 0.29) is 30.0 Å². The van der Waals surface area contributed by atoms with Crippen molar-refractivity contribution >= 4 is 15.9 Å². The van der Waals surface area contributed by atoms with Gasteiger partial charge in [-0.25, -0.2) is 17.5 Å². The number of alkyl halides is 3. The number of hydrogen-bond donors (Lipinski definition) is 2. The Bertz CT molecular complexity index is 804. The maximum Gasteiger partial charge on any atom is 0.511 e. The van der Waals surface area contributed by atoms with Gasteiger partial charge in [0, 0.05) is 19.5 Å². The number of nitrogens with one attached hydrogen (secondary N) is 2. The second-order valence-corrected chi connectivity index (χ2v) is 6.63. The SMILES string of the molecule is CCC(=O)NCc1cc(OCCNS(=O)(=O)C(F)(F)F)c(F)cc1C#N. The first-order chi connectivity index (χ1) is 12.0. The first-order valence-corrected chi connectivity index (χ1v) is 8.68. The van der Waals surface area contributed by atoms with Crippen molar-refractivity contribution in [1.82, 2.24) is 10.0 Å². The molecule has 0 aromatic heterocycles. The van der Waals surface area contributed by atoms with E-state index >= 15 is 0 Å². The van der Waals surface area contributed by atoms with Crippen molar-refractivity contribution in [1.29, 1.82) is 5.26 Å². The molecule has 1 rings (SSSR count). The van der Waals surface area contributed by atoms with Crippen LogP contribution in [-0.2, 0) is 21.4 Å². The molecule has 0 unspecified atom stereocenters. The number of nitriles is 1. The monoisotopic (exact) mass is 397 g/mol. The molecule has 0 bridgehead atoms. The normalized spacial score (nSPS) is 11.7. The fourth-order valence-electron chi connectivity index (χ4n) is 1.69. The van der Waals surface area contributed by atoms with Crippen LogP contribution in [0, 0.1) is 17.1 Å². The van der Waals surface area contributed by atoms with Gasteiger partial charge in [0.15, 0.2) is 11.6 Å². The predicted molar refractivity (Wildman–Crippen MR) is 81.7 cm³/mol. The summed E-state index contributed by atoms with van der Waals surface area (Å²) in [6.45, 7) is 0.205. The first-order valence-electron chi connectivity index (χ1n) is 7.19. The highest BCUT2D eigenvalue weighted by molar-refractivity contribution is 7.90. The molecule has 0 saturated heterocycles. The Labute approximate surface area is 147 Å². The van der Waals surface area contributed by atoms with Crippen LogP contribution in [-0.4, -0.2) is 33.0 Å². The lowest BCUT2D eigenvalue weighted by Gasteiger charge is -2.13. The van der Waals surface area contributed by atoms with E-state index in [1.54, 1.807) is 13.0 Å². The Morgan fingerprint density at radius 3 is 2.54 bits per heavy atom. The standard InChI is InChI=1S/C14H15F4N3O4S/c1-2-13(22)20-8-10-6-12(11(15)5-9(10)7-19)25-4-3-21-26(23,24)14(16,17)18/h5-6,21H,2-4,8H2,1H3,(H,20,22). The van der Waals surface area contributed by atoms with Gasteiger partial charge in [0.05, 0.1) is 11.6 Å². The number of nitrogens with zero attached hydrogens (tertiary/aromatic N) is 1. The molecule has 12 heteroatoms. The van der Waals surface area contributed by atoms with E-state index in [4.69, 9.17) is 10.00 Å². The largest absolute Gasteiger partial charge is 0.511 e. The van der Waals surface area contributed by atoms with Crippen LogP contribution in [0.25, 0.3) is 0 Å². The number of benzene rings is 1. The molecule has 144 valence electrons. The molecule has 0 heterocycles. The fraction of sp³-hybridized carbons (Fsp3) is 0.429. The molecule has 0 atom stereocenters. The van der Waals surface area contributed by atoms with Gasteiger partial charge in [-0.2, -0.15) is 18.4 Å². The number of hydrogen-bond acceptors (Lipinski definition) is 5. The Kier molecular flexibility index (Phi) is 7.34. The number of ether oxygens (including phenoxy) is 1. The van der Waals surface area contributed by atoms with E-state index in [9.17, 15) is 30.8 Å². The average molecular weight is 397 g/mol. The second kappa shape index (κ2) is 8.81. The first kappa shape index (κ1) is 21.7. The van der Waals surface area contributed by atoms with E-state index in [0.717, 1.165) is 12.1 Å². The summed E-state index contributed by atoms with van der Waals surface area (Å²) in [4.78, 5) is 11.3. The zero-order valence-electron chi connectivity index (χ0n) is 13.5. The molecule has 0 aliphatic rings. The molecule has 0 aliphatic carbocycles. The van der Waals surface area contributed by atoms with Crippen molar-refractivity contribution in [2.24, 2.45) is 0 Å². The number of halogens is 4. The molecule has 0 spiro atoms. The number of amides is 1. The van der Waals surface area contributed by atoms with Gasteiger partial charge in [0.2, 0.25) is 5.91 Å². The lowest BCUT2D eigenvalue weighted by molar-refractivity contribution is -0.120. The smallest absolute Gasteiger partial charge is 0.489 e. The van der Waals surface area contributed by atoms with Crippen molar-refractivity contribution < 1.29 is 35.5 Å². The topological polar surface area (TPSA) is 108 Å². The molecular formula is C14H15F4N3O4S. The van der Waals surface area contributed by atoms with E-state index in [1.807, 2.05) is 0 Å². The quantitative estimate of drug-likeness (QED) is 0.511. The Balaban J connectivity index is 2.78. The number of carbonyl (C=O) groups excluding carboxylic acids is 1. The van der Waals surface area contributed by atoms with Gasteiger partial charge < -0.3 is 10.1 Å². The summed E-state index contributed by atoms with van der Waals surface area (Å²) in [6.07, 6.45) is 0.200. The third-order valence-electron chi connectivity index (χ3n) is 3.03. The van der Waals surface area contributed by atoms with Gasteiger partial charge in [-0.3, -0.25) is 4.79 Å². The maximum atomic E-state index is 13.9. The summed E-state index contributed by atoms with van der Waals surface area (Å²) in [5, 5.41) is 11.5. The van der Waals surface area contributed by atoms with Gasteiger partial charge in [0.25, 0.3) is 0 Å². The third-order valence-corrected chi connectivity index (χ3v) is 4.23. The molecule has 1 aromatic rings. The molecule has 0 radical (unpaired) electrons. The summed E-state index contributed by atoms with van der Waals surface area (Å²) >= 11 is 0. The van der Waals surface area contributed by atoms with Gasteiger partial charge in [0.1, 0.15) is 6.61 Å². The lowest BCUT2D eigenvalue weighted by atomic mass is 10.1. The molecule has 0 aliphatic heterocycles. The molecule has 1 aromatic carbocycles. The summed E-state index contributed by atoms with van der Waals surface area (Å²) in [5.41, 5.74) is -5.28. The minimum Gasteiger partial charge on any atom is -0.489 e. The van der Waals surface area contributed by atoms with Crippen LogP contribution in [0.1, 0.15) is 24.5 Å². The molecule has 26 heavy (non-hydrogen) atoms. The lowest BCUT2D eigenvalue weighted by Crippen LogP contribution is -2.38. The van der Waals surface area contributed by atoms with E-state index < -0.39 is 40.2 Å². The summed E-state index contributed by atoms with van der Waals surface area (Å²) < 4.78 is 78.1. The van der Waals surface area contributed by atoms with Crippen LogP contribution in [0.3, 0.4) is 0 Å². The summed E-state index contributed by atoms with van der Waals surface area (Å²) in [7, 11) is -5.52. The Morgan fingerprint density at radius 2 is 2.00 bits per heavy atom. The van der Waals surface area contributed by atoms with E-state index in [1.165, 1.54) is 4.72 Å². The van der Waals surface area contributed by atoms with Crippen molar-refractivity contribution in [3.8, 4) is 11.8 Å². The molecule has 7 nitrogen and oxygen atoms in total. The Morgan fingerprint density at radius 1 is 1.35 bits per heavy atom. The summed E-state index contributed by atoms with van der Waals surface area (Å²) in [5.74, 6) is -1.65. The summed E-state index contributed by atoms with van der Waals surface area (Å²) in [6, 6.07) is 3.71. The van der Waals surface area contributed by atoms with Crippen LogP contribution < -0.4 is 14.8 Å². The molecular weight excluding hydrogens is 382 g/mol.